The largest absolute Gasteiger partial charge is 0.495 e. The minimum absolute atomic E-state index is 0.134. The van der Waals surface area contributed by atoms with Gasteiger partial charge < -0.3 is 14.5 Å². The van der Waals surface area contributed by atoms with Crippen molar-refractivity contribution in [2.45, 2.75) is 31.1 Å². The van der Waals surface area contributed by atoms with Crippen LogP contribution in [0.1, 0.15) is 24.6 Å². The summed E-state index contributed by atoms with van der Waals surface area (Å²) in [7, 11) is -1.95. The molecule has 2 fully saturated rings. The van der Waals surface area contributed by atoms with Gasteiger partial charge in [0, 0.05) is 44.1 Å². The molecule has 174 valence electrons. The Bertz CT molecular complexity index is 1030. The topological polar surface area (TPSA) is 70.2 Å². The lowest BCUT2D eigenvalue weighted by Gasteiger charge is -2.37. The second-order valence-electron chi connectivity index (χ2n) is 8.57. The number of methoxy groups -OCH3 is 1. The highest BCUT2D eigenvalue weighted by atomic mass is 32.2. The molecule has 0 radical (unpaired) electrons. The molecule has 0 saturated carbocycles. The summed E-state index contributed by atoms with van der Waals surface area (Å²) in [5.41, 5.74) is 0.768. The van der Waals surface area contributed by atoms with Gasteiger partial charge in [-0.3, -0.25) is 4.79 Å². The number of piperidine rings is 1. The molecule has 3 heterocycles. The number of hydrogen-bond acceptors (Lipinski definition) is 6. The van der Waals surface area contributed by atoms with Crippen molar-refractivity contribution in [3.05, 3.63) is 40.6 Å². The maximum Gasteiger partial charge on any atom is 0.243 e. The van der Waals surface area contributed by atoms with Gasteiger partial charge in [-0.05, 0) is 48.4 Å². The molecule has 2 aliphatic rings. The second kappa shape index (κ2) is 9.80. The monoisotopic (exact) mass is 477 g/mol. The van der Waals surface area contributed by atoms with E-state index in [2.05, 4.69) is 11.8 Å². The predicted octanol–water partition coefficient (Wildman–Crippen LogP) is 3.07. The van der Waals surface area contributed by atoms with Crippen LogP contribution in [0.4, 0.5) is 5.69 Å². The van der Waals surface area contributed by atoms with E-state index in [0.717, 1.165) is 23.4 Å². The van der Waals surface area contributed by atoms with Crippen molar-refractivity contribution in [1.29, 1.82) is 0 Å². The van der Waals surface area contributed by atoms with E-state index < -0.39 is 10.0 Å². The van der Waals surface area contributed by atoms with Crippen LogP contribution < -0.4 is 9.64 Å². The molecule has 7 nitrogen and oxygen atoms in total. The molecule has 2 saturated heterocycles. The number of thiophene rings is 1. The quantitative estimate of drug-likeness (QED) is 0.640. The SMILES string of the molecule is COc1ccc(S(=O)(=O)N2CCCC(C)C2)cc1N1CCN(C(=O)Cc2cccs2)CC1. The molecule has 1 aromatic carbocycles. The van der Waals surface area contributed by atoms with E-state index in [-0.39, 0.29) is 5.91 Å². The van der Waals surface area contributed by atoms with Crippen LogP contribution in [0.2, 0.25) is 0 Å². The van der Waals surface area contributed by atoms with Crippen LogP contribution in [0.25, 0.3) is 0 Å². The van der Waals surface area contributed by atoms with E-state index in [1.807, 2.05) is 22.4 Å². The molecular formula is C23H31N3O4S2. The van der Waals surface area contributed by atoms with Crippen molar-refractivity contribution in [3.63, 3.8) is 0 Å². The van der Waals surface area contributed by atoms with Crippen molar-refractivity contribution in [2.24, 2.45) is 5.92 Å². The van der Waals surface area contributed by atoms with Gasteiger partial charge in [0.15, 0.2) is 0 Å². The first kappa shape index (κ1) is 23.1. The number of piperazine rings is 1. The number of carbonyl (C=O) groups is 1. The van der Waals surface area contributed by atoms with Gasteiger partial charge in [-0.2, -0.15) is 4.31 Å². The minimum atomic E-state index is -3.55. The molecule has 1 atom stereocenters. The third-order valence-electron chi connectivity index (χ3n) is 6.29. The normalized spacial score (nSPS) is 20.4. The molecule has 1 amide bonds. The Balaban J connectivity index is 1.48. The fraction of sp³-hybridized carbons (Fsp3) is 0.522. The van der Waals surface area contributed by atoms with Crippen LogP contribution in [0.3, 0.4) is 0 Å². The van der Waals surface area contributed by atoms with E-state index >= 15 is 0 Å². The number of carbonyl (C=O) groups excluding carboxylic acids is 1. The van der Waals surface area contributed by atoms with Crippen LogP contribution in [0.5, 0.6) is 5.75 Å². The second-order valence-corrected chi connectivity index (χ2v) is 11.5. The zero-order valence-electron chi connectivity index (χ0n) is 18.7. The molecule has 9 heteroatoms. The molecule has 0 N–H and O–H groups in total. The van der Waals surface area contributed by atoms with Crippen molar-refractivity contribution in [1.82, 2.24) is 9.21 Å². The van der Waals surface area contributed by atoms with E-state index in [0.29, 0.717) is 62.3 Å². The highest BCUT2D eigenvalue weighted by Crippen LogP contribution is 2.33. The van der Waals surface area contributed by atoms with Gasteiger partial charge in [-0.25, -0.2) is 8.42 Å². The van der Waals surface area contributed by atoms with Gasteiger partial charge >= 0.3 is 0 Å². The summed E-state index contributed by atoms with van der Waals surface area (Å²) in [6, 6.07) is 9.06. The molecule has 4 rings (SSSR count). The van der Waals surface area contributed by atoms with Gasteiger partial charge in [0.05, 0.1) is 24.1 Å². The lowest BCUT2D eigenvalue weighted by molar-refractivity contribution is -0.130. The smallest absolute Gasteiger partial charge is 0.243 e. The summed E-state index contributed by atoms with van der Waals surface area (Å²) in [6.07, 6.45) is 2.39. The van der Waals surface area contributed by atoms with Crippen LogP contribution >= 0.6 is 11.3 Å². The number of sulfonamides is 1. The van der Waals surface area contributed by atoms with E-state index in [4.69, 9.17) is 4.74 Å². The first-order valence-electron chi connectivity index (χ1n) is 11.1. The average molecular weight is 478 g/mol. The first-order chi connectivity index (χ1) is 15.4. The van der Waals surface area contributed by atoms with E-state index in [9.17, 15) is 13.2 Å². The minimum Gasteiger partial charge on any atom is -0.495 e. The summed E-state index contributed by atoms with van der Waals surface area (Å²) in [6.45, 7) is 5.71. The van der Waals surface area contributed by atoms with Gasteiger partial charge in [0.25, 0.3) is 0 Å². The summed E-state index contributed by atoms with van der Waals surface area (Å²) in [5.74, 6) is 1.15. The Morgan fingerprint density at radius 1 is 1.16 bits per heavy atom. The van der Waals surface area contributed by atoms with Crippen LogP contribution in [0.15, 0.2) is 40.6 Å². The van der Waals surface area contributed by atoms with Crippen LogP contribution in [0, 0.1) is 5.92 Å². The highest BCUT2D eigenvalue weighted by Gasteiger charge is 2.30. The number of nitrogens with zero attached hydrogens (tertiary/aromatic N) is 3. The first-order valence-corrected chi connectivity index (χ1v) is 13.4. The Labute approximate surface area is 194 Å². The fourth-order valence-corrected chi connectivity index (χ4v) is 6.78. The average Bonchev–Trinajstić information content (AvgIpc) is 3.31. The van der Waals surface area contributed by atoms with Gasteiger partial charge in [0.2, 0.25) is 15.9 Å². The zero-order valence-corrected chi connectivity index (χ0v) is 20.3. The maximum absolute atomic E-state index is 13.3. The number of hydrogen-bond donors (Lipinski definition) is 0. The molecule has 32 heavy (non-hydrogen) atoms. The Morgan fingerprint density at radius 2 is 1.94 bits per heavy atom. The molecule has 0 spiro atoms. The van der Waals surface area contributed by atoms with Crippen molar-refractivity contribution < 1.29 is 17.9 Å². The van der Waals surface area contributed by atoms with E-state index in [1.165, 1.54) is 0 Å². The summed E-state index contributed by atoms with van der Waals surface area (Å²) in [4.78, 5) is 18.0. The summed E-state index contributed by atoms with van der Waals surface area (Å²) in [5, 5.41) is 1.98. The van der Waals surface area contributed by atoms with Crippen molar-refractivity contribution in [3.8, 4) is 5.75 Å². The van der Waals surface area contributed by atoms with Gasteiger partial charge in [0.1, 0.15) is 5.75 Å². The number of ether oxygens (including phenoxy) is 1. The summed E-state index contributed by atoms with van der Waals surface area (Å²) >= 11 is 1.60. The molecular weight excluding hydrogens is 446 g/mol. The molecule has 2 aromatic rings. The fourth-order valence-electron chi connectivity index (χ4n) is 4.46. The third-order valence-corrected chi connectivity index (χ3v) is 9.02. The van der Waals surface area contributed by atoms with E-state index in [1.54, 1.807) is 41.0 Å². The Kier molecular flexibility index (Phi) is 7.07. The number of benzene rings is 1. The highest BCUT2D eigenvalue weighted by molar-refractivity contribution is 7.89. The number of anilines is 1. The molecule has 1 aromatic heterocycles. The van der Waals surface area contributed by atoms with Crippen molar-refractivity contribution >= 4 is 33.0 Å². The molecule has 1 unspecified atom stereocenters. The standard InChI is InChI=1S/C23H31N3O4S2/c1-18-5-3-9-26(17-18)32(28,29)20-7-8-22(30-2)21(16-20)24-10-12-25(13-11-24)23(27)15-19-6-4-14-31-19/h4,6-8,14,16,18H,3,5,9-13,15,17H2,1-2H3. The Morgan fingerprint density at radius 3 is 2.59 bits per heavy atom. The predicted molar refractivity (Wildman–Crippen MR) is 127 cm³/mol. The Hall–Kier alpha value is -2.10. The third kappa shape index (κ3) is 4.94. The lowest BCUT2D eigenvalue weighted by atomic mass is 10.0. The summed E-state index contributed by atoms with van der Waals surface area (Å²) < 4.78 is 33.7. The van der Waals surface area contributed by atoms with Gasteiger partial charge in [-0.15, -0.1) is 11.3 Å². The molecule has 2 aliphatic heterocycles. The molecule has 0 aliphatic carbocycles. The molecule has 0 bridgehead atoms. The van der Waals surface area contributed by atoms with Crippen molar-refractivity contribution in [2.75, 3.05) is 51.3 Å². The zero-order chi connectivity index (χ0) is 22.7. The van der Waals surface area contributed by atoms with Gasteiger partial charge in [-0.1, -0.05) is 13.0 Å². The number of amides is 1. The van der Waals surface area contributed by atoms with Crippen LogP contribution in [-0.2, 0) is 21.2 Å². The van der Waals surface area contributed by atoms with Crippen LogP contribution in [-0.4, -0.2) is 69.9 Å². The lowest BCUT2D eigenvalue weighted by Crippen LogP contribution is -2.49. The number of rotatable bonds is 6. The maximum atomic E-state index is 13.3.